The predicted octanol–water partition coefficient (Wildman–Crippen LogP) is 2.75. The minimum Gasteiger partial charge on any atom is -0.492 e. The standard InChI is InChI=1S/C9H11BrN3OP/c1-5(2)15-13-8-6(4-11-13)3-7(10)9(14)12-8/h3-5,15H,1-2H3,(H,12,14). The van der Waals surface area contributed by atoms with E-state index in [0.717, 1.165) is 11.0 Å². The summed E-state index contributed by atoms with van der Waals surface area (Å²) in [7, 11) is 0.549. The minimum absolute atomic E-state index is 0.0119. The number of hydrogen-bond donors (Lipinski definition) is 1. The molecule has 2 heterocycles. The van der Waals surface area contributed by atoms with Gasteiger partial charge in [0.05, 0.1) is 10.7 Å². The summed E-state index contributed by atoms with van der Waals surface area (Å²) in [5.74, 6) is 0.0119. The molecule has 0 radical (unpaired) electrons. The lowest BCUT2D eigenvalue weighted by Gasteiger charge is -2.05. The van der Waals surface area contributed by atoms with Crippen LogP contribution in [0.4, 0.5) is 0 Å². The molecule has 0 aliphatic rings. The molecule has 0 aromatic carbocycles. The molecule has 0 aliphatic carbocycles. The molecule has 1 N–H and O–H groups in total. The van der Waals surface area contributed by atoms with Gasteiger partial charge in [-0.15, -0.1) is 0 Å². The number of fused-ring (bicyclic) bond motifs is 1. The van der Waals surface area contributed by atoms with Crippen LogP contribution in [-0.4, -0.2) is 25.3 Å². The number of aromatic nitrogens is 3. The Morgan fingerprint density at radius 2 is 2.27 bits per heavy atom. The SMILES string of the molecule is CC(C)Pn1ncc2cc(Br)c(O)nc21. The predicted molar refractivity (Wildman–Crippen MR) is 65.7 cm³/mol. The van der Waals surface area contributed by atoms with Crippen LogP contribution in [0.15, 0.2) is 16.7 Å². The molecule has 4 nitrogen and oxygen atoms in total. The Morgan fingerprint density at radius 3 is 2.93 bits per heavy atom. The number of aromatic hydroxyl groups is 1. The highest BCUT2D eigenvalue weighted by Crippen LogP contribution is 2.30. The van der Waals surface area contributed by atoms with Crippen molar-refractivity contribution in [3.8, 4) is 5.88 Å². The van der Waals surface area contributed by atoms with Crippen LogP contribution >= 0.6 is 24.7 Å². The van der Waals surface area contributed by atoms with E-state index in [0.29, 0.717) is 18.9 Å². The zero-order valence-corrected chi connectivity index (χ0v) is 11.0. The molecule has 1 unspecified atom stereocenters. The van der Waals surface area contributed by atoms with Gasteiger partial charge in [0.25, 0.3) is 0 Å². The van der Waals surface area contributed by atoms with Gasteiger partial charge >= 0.3 is 0 Å². The lowest BCUT2D eigenvalue weighted by atomic mass is 10.3. The van der Waals surface area contributed by atoms with Crippen molar-refractivity contribution in [1.29, 1.82) is 0 Å². The molecule has 2 aromatic heterocycles. The first-order valence-corrected chi connectivity index (χ1v) is 6.39. The Morgan fingerprint density at radius 1 is 1.53 bits per heavy atom. The van der Waals surface area contributed by atoms with Crippen molar-refractivity contribution in [2.45, 2.75) is 19.5 Å². The number of pyridine rings is 1. The molecular formula is C9H11BrN3OP. The second kappa shape index (κ2) is 4.06. The van der Waals surface area contributed by atoms with E-state index < -0.39 is 0 Å². The van der Waals surface area contributed by atoms with Gasteiger partial charge in [-0.25, -0.2) is 4.45 Å². The van der Waals surface area contributed by atoms with Crippen LogP contribution in [0.1, 0.15) is 13.8 Å². The molecule has 0 saturated carbocycles. The molecule has 6 heteroatoms. The molecule has 0 spiro atoms. The third-order valence-corrected chi connectivity index (χ3v) is 3.53. The number of halogens is 1. The molecule has 2 aromatic rings. The fourth-order valence-electron chi connectivity index (χ4n) is 1.26. The molecule has 15 heavy (non-hydrogen) atoms. The van der Waals surface area contributed by atoms with Crippen LogP contribution in [0, 0.1) is 0 Å². The maximum absolute atomic E-state index is 9.50. The van der Waals surface area contributed by atoms with Crippen molar-refractivity contribution in [2.75, 3.05) is 0 Å². The fourth-order valence-corrected chi connectivity index (χ4v) is 2.51. The Bertz CT molecular complexity index is 497. The first kappa shape index (κ1) is 10.8. The quantitative estimate of drug-likeness (QED) is 0.864. The summed E-state index contributed by atoms with van der Waals surface area (Å²) in [6.45, 7) is 4.26. The summed E-state index contributed by atoms with van der Waals surface area (Å²) in [4.78, 5) is 4.10. The second-order valence-corrected chi connectivity index (χ2v) is 6.24. The first-order chi connectivity index (χ1) is 7.08. The molecule has 0 bridgehead atoms. The van der Waals surface area contributed by atoms with Gasteiger partial charge in [0, 0.05) is 14.1 Å². The minimum atomic E-state index is 0.0119. The summed E-state index contributed by atoms with van der Waals surface area (Å²) in [5, 5.41) is 14.7. The Kier molecular flexibility index (Phi) is 2.94. The van der Waals surface area contributed by atoms with Gasteiger partial charge in [-0.2, -0.15) is 10.1 Å². The zero-order valence-electron chi connectivity index (χ0n) is 8.40. The molecule has 80 valence electrons. The zero-order chi connectivity index (χ0) is 11.0. The summed E-state index contributed by atoms with van der Waals surface area (Å²) in [6, 6.07) is 1.83. The highest BCUT2D eigenvalue weighted by molar-refractivity contribution is 9.10. The molecule has 0 amide bonds. The normalized spacial score (nSPS) is 12.3. The smallest absolute Gasteiger partial charge is 0.227 e. The molecule has 0 aliphatic heterocycles. The molecule has 1 atom stereocenters. The van der Waals surface area contributed by atoms with Crippen molar-refractivity contribution >= 4 is 35.7 Å². The van der Waals surface area contributed by atoms with Gasteiger partial charge in [0.2, 0.25) is 5.88 Å². The Balaban J connectivity index is 2.54. The Labute approximate surface area is 97.7 Å². The van der Waals surface area contributed by atoms with E-state index >= 15 is 0 Å². The van der Waals surface area contributed by atoms with E-state index in [2.05, 4.69) is 39.9 Å². The van der Waals surface area contributed by atoms with Crippen LogP contribution in [0.2, 0.25) is 0 Å². The lowest BCUT2D eigenvalue weighted by Crippen LogP contribution is -1.94. The summed E-state index contributed by atoms with van der Waals surface area (Å²) >= 11 is 3.23. The number of hydrogen-bond acceptors (Lipinski definition) is 3. The maximum atomic E-state index is 9.50. The second-order valence-electron chi connectivity index (χ2n) is 3.55. The summed E-state index contributed by atoms with van der Waals surface area (Å²) < 4.78 is 2.44. The summed E-state index contributed by atoms with van der Waals surface area (Å²) in [5.41, 5.74) is 1.27. The lowest BCUT2D eigenvalue weighted by molar-refractivity contribution is 0.451. The average Bonchev–Trinajstić information content (AvgIpc) is 2.49. The Hall–Kier alpha value is -0.670. The third kappa shape index (κ3) is 2.13. The van der Waals surface area contributed by atoms with E-state index in [1.54, 1.807) is 6.20 Å². The first-order valence-electron chi connectivity index (χ1n) is 4.57. The fraction of sp³-hybridized carbons (Fsp3) is 0.333. The van der Waals surface area contributed by atoms with Crippen LogP contribution < -0.4 is 0 Å². The average molecular weight is 288 g/mol. The van der Waals surface area contributed by atoms with Crippen molar-refractivity contribution in [2.24, 2.45) is 0 Å². The monoisotopic (exact) mass is 287 g/mol. The van der Waals surface area contributed by atoms with Gasteiger partial charge < -0.3 is 5.11 Å². The molecule has 0 fully saturated rings. The van der Waals surface area contributed by atoms with Crippen LogP contribution in [0.5, 0.6) is 5.88 Å². The van der Waals surface area contributed by atoms with Gasteiger partial charge in [-0.3, -0.25) is 0 Å². The van der Waals surface area contributed by atoms with Gasteiger partial charge in [-0.1, -0.05) is 13.8 Å². The number of nitrogens with zero attached hydrogens (tertiary/aromatic N) is 3. The summed E-state index contributed by atoms with van der Waals surface area (Å²) in [6.07, 6.45) is 1.77. The van der Waals surface area contributed by atoms with Gasteiger partial charge in [0.1, 0.15) is 0 Å². The van der Waals surface area contributed by atoms with Crippen LogP contribution in [0.3, 0.4) is 0 Å². The number of rotatable bonds is 2. The largest absolute Gasteiger partial charge is 0.492 e. The maximum Gasteiger partial charge on any atom is 0.227 e. The van der Waals surface area contributed by atoms with E-state index in [1.165, 1.54) is 0 Å². The van der Waals surface area contributed by atoms with Gasteiger partial charge in [-0.05, 0) is 27.7 Å². The highest BCUT2D eigenvalue weighted by Gasteiger charge is 2.09. The van der Waals surface area contributed by atoms with E-state index in [1.807, 2.05) is 10.5 Å². The van der Waals surface area contributed by atoms with Crippen LogP contribution in [0.25, 0.3) is 11.0 Å². The topological polar surface area (TPSA) is 50.9 Å². The highest BCUT2D eigenvalue weighted by atomic mass is 79.9. The van der Waals surface area contributed by atoms with Gasteiger partial charge in [0.15, 0.2) is 5.65 Å². The van der Waals surface area contributed by atoms with E-state index in [-0.39, 0.29) is 5.88 Å². The van der Waals surface area contributed by atoms with Crippen molar-refractivity contribution in [1.82, 2.24) is 14.5 Å². The van der Waals surface area contributed by atoms with E-state index in [9.17, 15) is 5.11 Å². The molecular weight excluding hydrogens is 277 g/mol. The van der Waals surface area contributed by atoms with Crippen LogP contribution in [-0.2, 0) is 0 Å². The van der Waals surface area contributed by atoms with Crippen molar-refractivity contribution in [3.63, 3.8) is 0 Å². The third-order valence-electron chi connectivity index (χ3n) is 1.86. The molecule has 0 saturated heterocycles. The van der Waals surface area contributed by atoms with E-state index in [4.69, 9.17) is 0 Å². The molecule has 2 rings (SSSR count). The van der Waals surface area contributed by atoms with Crippen molar-refractivity contribution in [3.05, 3.63) is 16.7 Å². The van der Waals surface area contributed by atoms with Crippen molar-refractivity contribution < 1.29 is 5.11 Å².